The molecule has 0 N–H and O–H groups in total. The molecule has 4 heteroatoms. The molecule has 72 valence electrons. The van der Waals surface area contributed by atoms with E-state index in [-0.39, 0.29) is 6.42 Å². The maximum absolute atomic E-state index is 11.3. The molecule has 1 aromatic heterocycles. The van der Waals surface area contributed by atoms with E-state index in [0.717, 1.165) is 5.56 Å². The number of rotatable bonds is 1. The number of aromatic nitrogens is 1. The molecular formula is C10H9NO3. The minimum atomic E-state index is -0.510. The van der Waals surface area contributed by atoms with E-state index in [2.05, 4.69) is 9.72 Å². The zero-order valence-corrected chi connectivity index (χ0v) is 7.69. The van der Waals surface area contributed by atoms with Gasteiger partial charge in [0.2, 0.25) is 0 Å². The van der Waals surface area contributed by atoms with E-state index < -0.39 is 17.9 Å². The molecule has 1 fully saturated rings. The van der Waals surface area contributed by atoms with Gasteiger partial charge in [-0.25, -0.2) is 0 Å². The van der Waals surface area contributed by atoms with Gasteiger partial charge in [-0.05, 0) is 18.6 Å². The van der Waals surface area contributed by atoms with Crippen LogP contribution in [0.2, 0.25) is 0 Å². The molecule has 1 aliphatic heterocycles. The van der Waals surface area contributed by atoms with Crippen LogP contribution in [0.1, 0.15) is 23.6 Å². The summed E-state index contributed by atoms with van der Waals surface area (Å²) in [5.41, 5.74) is 1.55. The molecule has 2 heterocycles. The van der Waals surface area contributed by atoms with Gasteiger partial charge in [-0.15, -0.1) is 0 Å². The molecule has 1 aromatic rings. The molecule has 0 aromatic carbocycles. The van der Waals surface area contributed by atoms with Gasteiger partial charge in [0.05, 0.1) is 12.1 Å². The summed E-state index contributed by atoms with van der Waals surface area (Å²) in [7, 11) is 0. The predicted octanol–water partition coefficient (Wildman–Crippen LogP) is 0.947. The Morgan fingerprint density at radius 3 is 2.86 bits per heavy atom. The van der Waals surface area contributed by atoms with E-state index in [4.69, 9.17) is 0 Å². The van der Waals surface area contributed by atoms with E-state index in [1.807, 2.05) is 13.0 Å². The van der Waals surface area contributed by atoms with Crippen LogP contribution in [0.25, 0.3) is 0 Å². The van der Waals surface area contributed by atoms with E-state index >= 15 is 0 Å². The molecule has 0 radical (unpaired) electrons. The molecule has 14 heavy (non-hydrogen) atoms. The van der Waals surface area contributed by atoms with Crippen LogP contribution in [-0.4, -0.2) is 16.9 Å². The van der Waals surface area contributed by atoms with Gasteiger partial charge in [-0.3, -0.25) is 14.6 Å². The van der Waals surface area contributed by atoms with Gasteiger partial charge in [-0.1, -0.05) is 6.07 Å². The van der Waals surface area contributed by atoms with Gasteiger partial charge in [0.25, 0.3) is 0 Å². The molecule has 0 bridgehead atoms. The van der Waals surface area contributed by atoms with Crippen molar-refractivity contribution in [2.45, 2.75) is 19.3 Å². The quantitative estimate of drug-likeness (QED) is 0.489. The van der Waals surface area contributed by atoms with Crippen LogP contribution < -0.4 is 0 Å². The zero-order chi connectivity index (χ0) is 10.1. The Kier molecular flexibility index (Phi) is 2.04. The molecule has 1 unspecified atom stereocenters. The van der Waals surface area contributed by atoms with Crippen LogP contribution in [0, 0.1) is 6.92 Å². The lowest BCUT2D eigenvalue weighted by Crippen LogP contribution is -2.08. The Bertz CT molecular complexity index is 400. The van der Waals surface area contributed by atoms with Crippen molar-refractivity contribution in [3.63, 3.8) is 0 Å². The molecule has 0 aliphatic carbocycles. The maximum Gasteiger partial charge on any atom is 0.323 e. The van der Waals surface area contributed by atoms with Crippen LogP contribution in [0.3, 0.4) is 0 Å². The van der Waals surface area contributed by atoms with E-state index in [9.17, 15) is 9.59 Å². The third kappa shape index (κ3) is 1.39. The first-order valence-corrected chi connectivity index (χ1v) is 4.34. The second-order valence-electron chi connectivity index (χ2n) is 3.26. The largest absolute Gasteiger partial charge is 0.393 e. The van der Waals surface area contributed by atoms with Crippen molar-refractivity contribution < 1.29 is 14.3 Å². The van der Waals surface area contributed by atoms with Crippen LogP contribution in [0.4, 0.5) is 0 Å². The second kappa shape index (κ2) is 3.21. The molecule has 0 saturated carbocycles. The number of hydrogen-bond acceptors (Lipinski definition) is 4. The van der Waals surface area contributed by atoms with Crippen molar-refractivity contribution in [1.82, 2.24) is 4.98 Å². The maximum atomic E-state index is 11.3. The van der Waals surface area contributed by atoms with Gasteiger partial charge in [-0.2, -0.15) is 0 Å². The second-order valence-corrected chi connectivity index (χ2v) is 3.26. The average Bonchev–Trinajstić information content (AvgIpc) is 2.46. The Morgan fingerprint density at radius 2 is 2.29 bits per heavy atom. The number of carbonyl (C=O) groups excluding carboxylic acids is 2. The Morgan fingerprint density at radius 1 is 1.50 bits per heavy atom. The number of esters is 2. The molecule has 4 nitrogen and oxygen atoms in total. The molecule has 2 rings (SSSR count). The fourth-order valence-electron chi connectivity index (χ4n) is 1.55. The average molecular weight is 191 g/mol. The smallest absolute Gasteiger partial charge is 0.323 e. The summed E-state index contributed by atoms with van der Waals surface area (Å²) in [4.78, 5) is 26.2. The topological polar surface area (TPSA) is 56.3 Å². The molecule has 0 amide bonds. The summed E-state index contributed by atoms with van der Waals surface area (Å²) in [6, 6.07) is 3.65. The fraction of sp³-hybridized carbons (Fsp3) is 0.300. The molecule has 0 spiro atoms. The summed E-state index contributed by atoms with van der Waals surface area (Å²) >= 11 is 0. The SMILES string of the molecule is Cc1cccnc1C1CC(=O)OC1=O. The number of nitrogens with zero attached hydrogens (tertiary/aromatic N) is 1. The van der Waals surface area contributed by atoms with Crippen molar-refractivity contribution in [2.75, 3.05) is 0 Å². The first-order chi connectivity index (χ1) is 6.68. The highest BCUT2D eigenvalue weighted by atomic mass is 16.6. The van der Waals surface area contributed by atoms with Crippen molar-refractivity contribution in [1.29, 1.82) is 0 Å². The van der Waals surface area contributed by atoms with Crippen LogP contribution in [0.15, 0.2) is 18.3 Å². The summed E-state index contributed by atoms with van der Waals surface area (Å²) < 4.78 is 4.47. The molecular weight excluding hydrogens is 182 g/mol. The number of aryl methyl sites for hydroxylation is 1. The van der Waals surface area contributed by atoms with Crippen molar-refractivity contribution in [3.05, 3.63) is 29.6 Å². The summed E-state index contributed by atoms with van der Waals surface area (Å²) in [5.74, 6) is -1.47. The third-order valence-electron chi connectivity index (χ3n) is 2.25. The lowest BCUT2D eigenvalue weighted by atomic mass is 9.99. The number of ether oxygens (including phenoxy) is 1. The summed E-state index contributed by atoms with van der Waals surface area (Å²) in [6.07, 6.45) is 1.72. The monoisotopic (exact) mass is 191 g/mol. The van der Waals surface area contributed by atoms with Crippen LogP contribution in [0.5, 0.6) is 0 Å². The summed E-state index contributed by atoms with van der Waals surface area (Å²) in [6.45, 7) is 1.86. The number of pyridine rings is 1. The van der Waals surface area contributed by atoms with Gasteiger partial charge >= 0.3 is 11.9 Å². The van der Waals surface area contributed by atoms with Crippen molar-refractivity contribution in [2.24, 2.45) is 0 Å². The van der Waals surface area contributed by atoms with Crippen LogP contribution >= 0.6 is 0 Å². The van der Waals surface area contributed by atoms with Crippen LogP contribution in [-0.2, 0) is 14.3 Å². The number of hydrogen-bond donors (Lipinski definition) is 0. The van der Waals surface area contributed by atoms with Gasteiger partial charge in [0.1, 0.15) is 5.92 Å². The van der Waals surface area contributed by atoms with Crippen molar-refractivity contribution >= 4 is 11.9 Å². The van der Waals surface area contributed by atoms with E-state index in [1.165, 1.54) is 0 Å². The Hall–Kier alpha value is -1.71. The molecule has 1 atom stereocenters. The number of cyclic esters (lactones) is 2. The highest BCUT2D eigenvalue weighted by molar-refractivity contribution is 5.97. The fourth-order valence-corrected chi connectivity index (χ4v) is 1.55. The zero-order valence-electron chi connectivity index (χ0n) is 7.69. The van der Waals surface area contributed by atoms with Gasteiger partial charge < -0.3 is 4.74 Å². The predicted molar refractivity (Wildman–Crippen MR) is 47.4 cm³/mol. The normalized spacial score (nSPS) is 21.1. The third-order valence-corrected chi connectivity index (χ3v) is 2.25. The highest BCUT2D eigenvalue weighted by Gasteiger charge is 2.36. The minimum absolute atomic E-state index is 0.108. The lowest BCUT2D eigenvalue weighted by molar-refractivity contribution is -0.152. The summed E-state index contributed by atoms with van der Waals surface area (Å²) in [5, 5.41) is 0. The minimum Gasteiger partial charge on any atom is -0.393 e. The van der Waals surface area contributed by atoms with Gasteiger partial charge in [0, 0.05) is 6.20 Å². The molecule has 1 aliphatic rings. The highest BCUT2D eigenvalue weighted by Crippen LogP contribution is 2.27. The number of carbonyl (C=O) groups is 2. The Labute approximate surface area is 80.9 Å². The van der Waals surface area contributed by atoms with Crippen molar-refractivity contribution in [3.8, 4) is 0 Å². The molecule has 1 saturated heterocycles. The first-order valence-electron chi connectivity index (χ1n) is 4.34. The first kappa shape index (κ1) is 8.87. The van der Waals surface area contributed by atoms with E-state index in [0.29, 0.717) is 5.69 Å². The Balaban J connectivity index is 2.36. The standard InChI is InChI=1S/C10H9NO3/c1-6-3-2-4-11-9(6)7-5-8(12)14-10(7)13/h2-4,7H,5H2,1H3. The van der Waals surface area contributed by atoms with E-state index in [1.54, 1.807) is 12.3 Å². The lowest BCUT2D eigenvalue weighted by Gasteiger charge is -2.06. The van der Waals surface area contributed by atoms with Gasteiger partial charge in [0.15, 0.2) is 0 Å².